The molecule has 0 saturated carbocycles. The van der Waals surface area contributed by atoms with Crippen LogP contribution in [-0.4, -0.2) is 34.2 Å². The second-order valence-electron chi connectivity index (χ2n) is 3.62. The number of benzene rings is 1. The first-order chi connectivity index (χ1) is 7.93. The zero-order chi connectivity index (χ0) is 13.0. The number of carbonyl (C=O) groups excluding carboxylic acids is 1. The van der Waals surface area contributed by atoms with E-state index in [1.165, 1.54) is 19.1 Å². The minimum absolute atomic E-state index is 0.180. The third-order valence-electron chi connectivity index (χ3n) is 2.24. The zero-order valence-corrected chi connectivity index (χ0v) is 9.25. The first-order valence-electron chi connectivity index (χ1n) is 4.99. The summed E-state index contributed by atoms with van der Waals surface area (Å²) in [7, 11) is 0. The van der Waals surface area contributed by atoms with Gasteiger partial charge in [0.25, 0.3) is 5.91 Å². The van der Waals surface area contributed by atoms with E-state index in [-0.39, 0.29) is 11.3 Å². The summed E-state index contributed by atoms with van der Waals surface area (Å²) in [6.07, 6.45) is -1.19. The highest BCUT2D eigenvalue weighted by molar-refractivity contribution is 6.00. The molecular weight excluding hydrogens is 224 g/mol. The maximum atomic E-state index is 11.7. The highest BCUT2D eigenvalue weighted by atomic mass is 16.4. The van der Waals surface area contributed by atoms with Crippen molar-refractivity contribution in [3.05, 3.63) is 29.8 Å². The monoisotopic (exact) mass is 238 g/mol. The molecule has 0 spiro atoms. The second kappa shape index (κ2) is 5.31. The van der Waals surface area contributed by atoms with Crippen LogP contribution in [0.3, 0.4) is 0 Å². The number of carboxylic acids is 1. The first kappa shape index (κ1) is 13.0. The molecule has 0 fully saturated rings. The van der Waals surface area contributed by atoms with Gasteiger partial charge < -0.3 is 21.3 Å². The molecule has 0 bridgehead atoms. The van der Waals surface area contributed by atoms with Gasteiger partial charge in [-0.2, -0.15) is 0 Å². The van der Waals surface area contributed by atoms with E-state index < -0.39 is 24.0 Å². The fourth-order valence-electron chi connectivity index (χ4n) is 1.31. The molecule has 92 valence electrons. The molecule has 1 rings (SSSR count). The van der Waals surface area contributed by atoms with Crippen LogP contribution in [0, 0.1) is 0 Å². The Morgan fingerprint density at radius 2 is 1.94 bits per heavy atom. The van der Waals surface area contributed by atoms with Crippen molar-refractivity contribution in [1.82, 2.24) is 5.32 Å². The SMILES string of the molecule is C[C@@H](O)[C@H](NC(=O)c1ccccc1N)C(=O)O. The lowest BCUT2D eigenvalue weighted by molar-refractivity contribution is -0.141. The molecule has 5 N–H and O–H groups in total. The number of amides is 1. The summed E-state index contributed by atoms with van der Waals surface area (Å²) in [6, 6.07) is 4.93. The number of carbonyl (C=O) groups is 2. The van der Waals surface area contributed by atoms with E-state index in [0.717, 1.165) is 0 Å². The Labute approximate surface area is 98.1 Å². The van der Waals surface area contributed by atoms with Crippen molar-refractivity contribution >= 4 is 17.6 Å². The van der Waals surface area contributed by atoms with Gasteiger partial charge in [0, 0.05) is 5.69 Å². The average Bonchev–Trinajstić information content (AvgIpc) is 2.25. The number of nitrogen functional groups attached to an aromatic ring is 1. The van der Waals surface area contributed by atoms with Gasteiger partial charge >= 0.3 is 5.97 Å². The van der Waals surface area contributed by atoms with Gasteiger partial charge in [-0.1, -0.05) is 12.1 Å². The zero-order valence-electron chi connectivity index (χ0n) is 9.25. The van der Waals surface area contributed by atoms with E-state index >= 15 is 0 Å². The normalized spacial score (nSPS) is 13.8. The van der Waals surface area contributed by atoms with Crippen LogP contribution in [-0.2, 0) is 4.79 Å². The van der Waals surface area contributed by atoms with Crippen LogP contribution in [0.1, 0.15) is 17.3 Å². The van der Waals surface area contributed by atoms with Crippen LogP contribution >= 0.6 is 0 Å². The Morgan fingerprint density at radius 1 is 1.35 bits per heavy atom. The second-order valence-corrected chi connectivity index (χ2v) is 3.62. The van der Waals surface area contributed by atoms with Crippen molar-refractivity contribution in [1.29, 1.82) is 0 Å². The van der Waals surface area contributed by atoms with Gasteiger partial charge in [-0.05, 0) is 19.1 Å². The molecule has 2 atom stereocenters. The largest absolute Gasteiger partial charge is 0.480 e. The molecular formula is C11H14N2O4. The predicted octanol–water partition coefficient (Wildman–Crippen LogP) is -0.167. The van der Waals surface area contributed by atoms with Gasteiger partial charge in [0.1, 0.15) is 0 Å². The van der Waals surface area contributed by atoms with Crippen LogP contribution in [0.25, 0.3) is 0 Å². The van der Waals surface area contributed by atoms with Crippen LogP contribution in [0.2, 0.25) is 0 Å². The van der Waals surface area contributed by atoms with Gasteiger partial charge in [-0.15, -0.1) is 0 Å². The van der Waals surface area contributed by atoms with Crippen molar-refractivity contribution in [2.75, 3.05) is 5.73 Å². The Kier molecular flexibility index (Phi) is 4.06. The first-order valence-corrected chi connectivity index (χ1v) is 4.99. The number of rotatable bonds is 4. The summed E-state index contributed by atoms with van der Waals surface area (Å²) in [5, 5.41) is 20.2. The van der Waals surface area contributed by atoms with Crippen molar-refractivity contribution in [2.24, 2.45) is 0 Å². The Morgan fingerprint density at radius 3 is 2.41 bits per heavy atom. The molecule has 0 heterocycles. The fraction of sp³-hybridized carbons (Fsp3) is 0.273. The molecule has 0 aliphatic rings. The van der Waals surface area contributed by atoms with Gasteiger partial charge in [0.05, 0.1) is 11.7 Å². The number of hydrogen-bond acceptors (Lipinski definition) is 4. The van der Waals surface area contributed by atoms with Crippen LogP contribution in [0.15, 0.2) is 24.3 Å². The average molecular weight is 238 g/mol. The van der Waals surface area contributed by atoms with E-state index in [4.69, 9.17) is 10.8 Å². The van der Waals surface area contributed by atoms with E-state index in [1.54, 1.807) is 12.1 Å². The van der Waals surface area contributed by atoms with Crippen molar-refractivity contribution in [2.45, 2.75) is 19.1 Å². The standard InChI is InChI=1S/C11H14N2O4/c1-6(14)9(11(16)17)13-10(15)7-4-2-3-5-8(7)12/h2-6,9,14H,12H2,1H3,(H,13,15)(H,16,17)/t6-,9+/m1/s1. The molecule has 0 aromatic heterocycles. The molecule has 0 aliphatic heterocycles. The molecule has 0 radical (unpaired) electrons. The Bertz CT molecular complexity index is 431. The molecule has 0 saturated heterocycles. The topological polar surface area (TPSA) is 113 Å². The van der Waals surface area contributed by atoms with Gasteiger partial charge in [0.2, 0.25) is 0 Å². The van der Waals surface area contributed by atoms with Gasteiger partial charge in [-0.3, -0.25) is 4.79 Å². The molecule has 1 amide bonds. The van der Waals surface area contributed by atoms with E-state index in [9.17, 15) is 14.7 Å². The number of aliphatic hydroxyl groups is 1. The number of carboxylic acid groups (broad SMARTS) is 1. The van der Waals surface area contributed by atoms with Crippen LogP contribution in [0.4, 0.5) is 5.69 Å². The molecule has 6 nitrogen and oxygen atoms in total. The van der Waals surface area contributed by atoms with Gasteiger partial charge in [0.15, 0.2) is 6.04 Å². The maximum absolute atomic E-state index is 11.7. The summed E-state index contributed by atoms with van der Waals surface area (Å²) in [6.45, 7) is 1.29. The fourth-order valence-corrected chi connectivity index (χ4v) is 1.31. The smallest absolute Gasteiger partial charge is 0.328 e. The molecule has 0 unspecified atom stereocenters. The minimum atomic E-state index is -1.36. The number of anilines is 1. The van der Waals surface area contributed by atoms with Crippen molar-refractivity contribution in [3.63, 3.8) is 0 Å². The summed E-state index contributed by atoms with van der Waals surface area (Å²) < 4.78 is 0. The summed E-state index contributed by atoms with van der Waals surface area (Å²) in [5.74, 6) is -1.93. The Balaban J connectivity index is 2.85. The molecule has 1 aromatic rings. The number of nitrogens with one attached hydrogen (secondary N) is 1. The predicted molar refractivity (Wildman–Crippen MR) is 61.4 cm³/mol. The lowest BCUT2D eigenvalue weighted by Crippen LogP contribution is -2.47. The summed E-state index contributed by atoms with van der Waals surface area (Å²) in [5.41, 5.74) is 6.01. The van der Waals surface area contributed by atoms with E-state index in [2.05, 4.69) is 5.32 Å². The summed E-state index contributed by atoms with van der Waals surface area (Å²) in [4.78, 5) is 22.5. The third kappa shape index (κ3) is 3.18. The van der Waals surface area contributed by atoms with E-state index in [0.29, 0.717) is 0 Å². The highest BCUT2D eigenvalue weighted by Gasteiger charge is 2.25. The number of nitrogens with two attached hydrogens (primary N) is 1. The lowest BCUT2D eigenvalue weighted by Gasteiger charge is -2.17. The van der Waals surface area contributed by atoms with Gasteiger partial charge in [-0.25, -0.2) is 4.79 Å². The number of hydrogen-bond donors (Lipinski definition) is 4. The van der Waals surface area contributed by atoms with Crippen molar-refractivity contribution < 1.29 is 19.8 Å². The minimum Gasteiger partial charge on any atom is -0.480 e. The number of aliphatic carboxylic acids is 1. The van der Waals surface area contributed by atoms with Crippen molar-refractivity contribution in [3.8, 4) is 0 Å². The van der Waals surface area contributed by atoms with Crippen LogP contribution < -0.4 is 11.1 Å². The molecule has 0 aliphatic carbocycles. The molecule has 6 heteroatoms. The summed E-state index contributed by atoms with van der Waals surface area (Å²) >= 11 is 0. The third-order valence-corrected chi connectivity index (χ3v) is 2.24. The number of aliphatic hydroxyl groups excluding tert-OH is 1. The molecule has 1 aromatic carbocycles. The quantitative estimate of drug-likeness (QED) is 0.544. The lowest BCUT2D eigenvalue weighted by atomic mass is 10.1. The number of para-hydroxylation sites is 1. The highest BCUT2D eigenvalue weighted by Crippen LogP contribution is 2.10. The Hall–Kier alpha value is -2.08. The van der Waals surface area contributed by atoms with Crippen LogP contribution in [0.5, 0.6) is 0 Å². The maximum Gasteiger partial charge on any atom is 0.328 e. The van der Waals surface area contributed by atoms with E-state index in [1.807, 2.05) is 0 Å². The molecule has 17 heavy (non-hydrogen) atoms.